The Labute approximate surface area is 33.8 Å². The summed E-state index contributed by atoms with van der Waals surface area (Å²) in [5, 5.41) is 2.66. The quantitative estimate of drug-likeness (QED) is 0.449. The molecule has 0 aliphatic heterocycles. The van der Waals surface area contributed by atoms with Crippen LogP contribution in [0.1, 0.15) is 1.37 Å². The topological polar surface area (TPSA) is 38.0 Å². The maximum absolute atomic E-state index is 6.83. The van der Waals surface area contributed by atoms with Gasteiger partial charge in [-0.3, -0.25) is 0 Å². The molecule has 2 nitrogen and oxygen atoms in total. The maximum atomic E-state index is 6.83. The lowest BCUT2D eigenvalue weighted by Crippen LogP contribution is -2.17. The standard InChI is InChI=1S/C3H10N2/c1-5-3-2-4/h5H,2-4H2,1H3/i3D. The lowest BCUT2D eigenvalue weighted by molar-refractivity contribution is 0.802. The molecule has 0 fully saturated rings. The van der Waals surface area contributed by atoms with Crippen LogP contribution in [0.25, 0.3) is 0 Å². The molecule has 0 aliphatic rings. The number of hydrogen-bond donors (Lipinski definition) is 2. The van der Waals surface area contributed by atoms with Gasteiger partial charge in [0.05, 0.1) is 0 Å². The van der Waals surface area contributed by atoms with Gasteiger partial charge in [-0.15, -0.1) is 0 Å². The van der Waals surface area contributed by atoms with Crippen molar-refractivity contribution >= 4 is 0 Å². The van der Waals surface area contributed by atoms with Gasteiger partial charge in [-0.05, 0) is 7.05 Å². The number of likely N-dealkylation sites (N-methyl/N-ethyl adjacent to an activating group) is 1. The second-order valence-corrected chi connectivity index (χ2v) is 0.729. The summed E-state index contributed by atoms with van der Waals surface area (Å²) in [4.78, 5) is 0. The minimum atomic E-state index is -0.287. The molecule has 0 aromatic carbocycles. The third kappa shape index (κ3) is 3.92. The van der Waals surface area contributed by atoms with E-state index in [1.165, 1.54) is 0 Å². The third-order valence-electron chi connectivity index (χ3n) is 0.322. The number of hydrogen-bond acceptors (Lipinski definition) is 2. The number of nitrogens with one attached hydrogen (secondary N) is 1. The zero-order chi connectivity index (χ0) is 4.99. The zero-order valence-corrected chi connectivity index (χ0v) is 3.36. The van der Waals surface area contributed by atoms with Gasteiger partial charge in [0, 0.05) is 14.4 Å². The Hall–Kier alpha value is -0.0800. The van der Waals surface area contributed by atoms with Crippen LogP contribution in [0.4, 0.5) is 0 Å². The monoisotopic (exact) mass is 75.1 g/mol. The van der Waals surface area contributed by atoms with Crippen molar-refractivity contribution in [3.8, 4) is 0 Å². The summed E-state index contributed by atoms with van der Waals surface area (Å²) in [6.07, 6.45) is 0. The zero-order valence-electron chi connectivity index (χ0n) is 4.36. The van der Waals surface area contributed by atoms with Crippen LogP contribution in [0.3, 0.4) is 0 Å². The van der Waals surface area contributed by atoms with E-state index < -0.39 is 0 Å². The summed E-state index contributed by atoms with van der Waals surface area (Å²) in [5.41, 5.74) is 5.03. The second kappa shape index (κ2) is 3.92. The molecular formula is C3H10N2. The van der Waals surface area contributed by atoms with Crippen molar-refractivity contribution in [2.45, 2.75) is 0 Å². The van der Waals surface area contributed by atoms with Gasteiger partial charge in [-0.2, -0.15) is 0 Å². The molecule has 32 valence electrons. The minimum Gasteiger partial charge on any atom is -0.329 e. The van der Waals surface area contributed by atoms with Crippen molar-refractivity contribution in [3.05, 3.63) is 0 Å². The van der Waals surface area contributed by atoms with Crippen LogP contribution < -0.4 is 11.1 Å². The van der Waals surface area contributed by atoms with Crippen molar-refractivity contribution in [1.82, 2.24) is 5.32 Å². The first-order valence-corrected chi connectivity index (χ1v) is 1.61. The lowest BCUT2D eigenvalue weighted by Gasteiger charge is -1.85. The van der Waals surface area contributed by atoms with Crippen LogP contribution in [-0.2, 0) is 0 Å². The van der Waals surface area contributed by atoms with E-state index in [0.29, 0.717) is 6.54 Å². The van der Waals surface area contributed by atoms with Crippen LogP contribution in [0.2, 0.25) is 0 Å². The van der Waals surface area contributed by atoms with Crippen molar-refractivity contribution in [3.63, 3.8) is 0 Å². The highest BCUT2D eigenvalue weighted by molar-refractivity contribution is 4.33. The molecule has 0 amide bonds. The summed E-state index contributed by atoms with van der Waals surface area (Å²) in [5.74, 6) is 0. The van der Waals surface area contributed by atoms with Gasteiger partial charge in [0.25, 0.3) is 0 Å². The Kier molecular flexibility index (Phi) is 2.45. The molecule has 0 aromatic heterocycles. The molecule has 2 heteroatoms. The van der Waals surface area contributed by atoms with E-state index in [2.05, 4.69) is 5.32 Å². The third-order valence-corrected chi connectivity index (χ3v) is 0.322. The van der Waals surface area contributed by atoms with Crippen LogP contribution >= 0.6 is 0 Å². The maximum Gasteiger partial charge on any atom is 0.0441 e. The fourth-order valence-electron chi connectivity index (χ4n) is 0.118. The summed E-state index contributed by atoms with van der Waals surface area (Å²) in [6.45, 7) is 0.0984. The molecule has 0 rings (SSSR count). The predicted octanol–water partition coefficient (Wildman–Crippen LogP) is -0.835. The summed E-state index contributed by atoms with van der Waals surface area (Å²) in [6, 6.07) is 0. The SMILES string of the molecule is [2H]C(CN)NC. The molecule has 0 spiro atoms. The molecule has 1 unspecified atom stereocenters. The molecule has 0 aliphatic carbocycles. The Bertz CT molecular complexity index is 28.0. The summed E-state index contributed by atoms with van der Waals surface area (Å²) < 4.78 is 6.83. The number of rotatable bonds is 2. The van der Waals surface area contributed by atoms with Crippen molar-refractivity contribution in [1.29, 1.82) is 0 Å². The second-order valence-electron chi connectivity index (χ2n) is 0.729. The molecule has 1 atom stereocenters. The van der Waals surface area contributed by atoms with Gasteiger partial charge < -0.3 is 11.1 Å². The Morgan fingerprint density at radius 2 is 2.80 bits per heavy atom. The van der Waals surface area contributed by atoms with E-state index >= 15 is 0 Å². The van der Waals surface area contributed by atoms with Gasteiger partial charge in [0.1, 0.15) is 0 Å². The summed E-state index contributed by atoms with van der Waals surface area (Å²) in [7, 11) is 1.71. The van der Waals surface area contributed by atoms with E-state index in [1.54, 1.807) is 7.05 Å². The van der Waals surface area contributed by atoms with Crippen molar-refractivity contribution in [2.24, 2.45) is 5.73 Å². The van der Waals surface area contributed by atoms with E-state index in [9.17, 15) is 0 Å². The normalized spacial score (nSPS) is 17.6. The van der Waals surface area contributed by atoms with Crippen molar-refractivity contribution < 1.29 is 1.37 Å². The van der Waals surface area contributed by atoms with E-state index in [4.69, 9.17) is 7.10 Å². The first-order valence-electron chi connectivity index (χ1n) is 2.18. The molecular weight excluding hydrogens is 64.0 g/mol. The Morgan fingerprint density at radius 1 is 2.20 bits per heavy atom. The average molecular weight is 75.1 g/mol. The molecule has 0 saturated carbocycles. The molecule has 0 aromatic rings. The van der Waals surface area contributed by atoms with Gasteiger partial charge in [-0.25, -0.2) is 0 Å². The van der Waals surface area contributed by atoms with Crippen LogP contribution in [0, 0.1) is 0 Å². The molecule has 5 heavy (non-hydrogen) atoms. The molecule has 0 heterocycles. The van der Waals surface area contributed by atoms with E-state index in [-0.39, 0.29) is 6.52 Å². The van der Waals surface area contributed by atoms with Gasteiger partial charge in [0.2, 0.25) is 0 Å². The minimum absolute atomic E-state index is 0.287. The van der Waals surface area contributed by atoms with E-state index in [1.807, 2.05) is 0 Å². The highest BCUT2D eigenvalue weighted by Crippen LogP contribution is 1.37. The molecule has 0 bridgehead atoms. The first kappa shape index (κ1) is 3.12. The average Bonchev–Trinajstić information content (AvgIpc) is 1.65. The van der Waals surface area contributed by atoms with E-state index in [0.717, 1.165) is 0 Å². The van der Waals surface area contributed by atoms with Gasteiger partial charge in [-0.1, -0.05) is 0 Å². The summed E-state index contributed by atoms with van der Waals surface area (Å²) >= 11 is 0. The molecule has 0 radical (unpaired) electrons. The smallest absolute Gasteiger partial charge is 0.0441 e. The fraction of sp³-hybridized carbons (Fsp3) is 1.00. The van der Waals surface area contributed by atoms with Crippen LogP contribution in [0.5, 0.6) is 0 Å². The highest BCUT2D eigenvalue weighted by atomic mass is 14.8. The Balaban J connectivity index is 2.75. The Morgan fingerprint density at radius 3 is 2.80 bits per heavy atom. The van der Waals surface area contributed by atoms with Crippen molar-refractivity contribution in [2.75, 3.05) is 20.1 Å². The van der Waals surface area contributed by atoms with Crippen LogP contribution in [0.15, 0.2) is 0 Å². The predicted molar refractivity (Wildman–Crippen MR) is 23.0 cm³/mol. The highest BCUT2D eigenvalue weighted by Gasteiger charge is 1.64. The lowest BCUT2D eigenvalue weighted by atomic mass is 10.7. The van der Waals surface area contributed by atoms with Crippen LogP contribution in [-0.4, -0.2) is 20.1 Å². The number of nitrogens with two attached hydrogens (primary N) is 1. The molecule has 0 saturated heterocycles. The molecule has 3 N–H and O–H groups in total. The largest absolute Gasteiger partial charge is 0.329 e. The van der Waals surface area contributed by atoms with Gasteiger partial charge in [0.15, 0.2) is 0 Å². The van der Waals surface area contributed by atoms with Gasteiger partial charge >= 0.3 is 0 Å². The first-order chi connectivity index (χ1) is 2.81. The fourth-order valence-corrected chi connectivity index (χ4v) is 0.118.